The first kappa shape index (κ1) is 30.9. The number of aryl methyl sites for hydroxylation is 1. The van der Waals surface area contributed by atoms with E-state index >= 15 is 0 Å². The fourth-order valence-electron chi connectivity index (χ4n) is 8.31. The third-order valence-corrected chi connectivity index (χ3v) is 10.5. The molecule has 3 aliphatic rings. The van der Waals surface area contributed by atoms with Crippen molar-refractivity contribution in [3.63, 3.8) is 0 Å². The van der Waals surface area contributed by atoms with Gasteiger partial charge in [0.2, 0.25) is 0 Å². The maximum Gasteiger partial charge on any atom is 0.0740 e. The van der Waals surface area contributed by atoms with Crippen LogP contribution in [0.1, 0.15) is 66.6 Å². The van der Waals surface area contributed by atoms with Gasteiger partial charge < -0.3 is 0 Å². The molecule has 3 nitrogen and oxygen atoms in total. The van der Waals surface area contributed by atoms with Crippen LogP contribution in [0.25, 0.3) is 38.9 Å². The highest BCUT2D eigenvalue weighted by Gasteiger charge is 2.28. The quantitative estimate of drug-likeness (QED) is 0.172. The number of hydrogen-bond acceptors (Lipinski definition) is 2. The van der Waals surface area contributed by atoms with Crippen LogP contribution in [0.4, 0.5) is 5.69 Å². The summed E-state index contributed by atoms with van der Waals surface area (Å²) in [5.41, 5.74) is 16.9. The summed E-state index contributed by atoms with van der Waals surface area (Å²) in [6.45, 7) is 4.00. The van der Waals surface area contributed by atoms with Crippen LogP contribution in [0.15, 0.2) is 137 Å². The lowest BCUT2D eigenvalue weighted by atomic mass is 9.87. The van der Waals surface area contributed by atoms with Gasteiger partial charge in [0.25, 0.3) is 0 Å². The van der Waals surface area contributed by atoms with Gasteiger partial charge in [-0.1, -0.05) is 123 Å². The SMILES string of the molecule is CC.CN=C(c1ccccc1N(C)n1c2c(c3c4ccccc4ccc31)CCC(C1=CC=CCC1)=C2)c1cccc2c1Cc1ccccc1-2. The first-order valence-corrected chi connectivity index (χ1v) is 17.8. The molecular formula is C46H43N3. The minimum Gasteiger partial charge on any atom is -0.287 e. The van der Waals surface area contributed by atoms with Crippen molar-refractivity contribution in [3.05, 3.63) is 166 Å². The number of para-hydroxylation sites is 1. The van der Waals surface area contributed by atoms with Crippen LogP contribution < -0.4 is 5.01 Å². The molecule has 242 valence electrons. The van der Waals surface area contributed by atoms with Gasteiger partial charge in [-0.25, -0.2) is 0 Å². The Bertz CT molecular complexity index is 2360. The van der Waals surface area contributed by atoms with E-state index in [0.29, 0.717) is 0 Å². The van der Waals surface area contributed by atoms with E-state index in [2.05, 4.69) is 144 Å². The topological polar surface area (TPSA) is 20.5 Å². The Kier molecular flexibility index (Phi) is 8.13. The minimum absolute atomic E-state index is 0.931. The van der Waals surface area contributed by atoms with Crippen LogP contribution in [0.5, 0.6) is 0 Å². The number of hydrogen-bond donors (Lipinski definition) is 0. The van der Waals surface area contributed by atoms with Crippen LogP contribution in [0, 0.1) is 0 Å². The smallest absolute Gasteiger partial charge is 0.0740 e. The molecule has 0 unspecified atom stereocenters. The molecule has 6 aromatic rings. The van der Waals surface area contributed by atoms with Gasteiger partial charge in [-0.3, -0.25) is 14.7 Å². The Labute approximate surface area is 290 Å². The normalized spacial score (nSPS) is 14.8. The largest absolute Gasteiger partial charge is 0.287 e. The van der Waals surface area contributed by atoms with E-state index in [4.69, 9.17) is 4.99 Å². The predicted octanol–water partition coefficient (Wildman–Crippen LogP) is 11.4. The highest BCUT2D eigenvalue weighted by atomic mass is 15.5. The van der Waals surface area contributed by atoms with Crippen LogP contribution in [0.3, 0.4) is 0 Å². The predicted molar refractivity (Wildman–Crippen MR) is 210 cm³/mol. The van der Waals surface area contributed by atoms with Gasteiger partial charge in [-0.15, -0.1) is 0 Å². The molecule has 5 aromatic carbocycles. The number of aromatic nitrogens is 1. The van der Waals surface area contributed by atoms with Crippen molar-refractivity contribution in [2.24, 2.45) is 4.99 Å². The van der Waals surface area contributed by atoms with E-state index in [0.717, 1.165) is 49.1 Å². The number of benzene rings is 5. The third kappa shape index (κ3) is 5.07. The third-order valence-electron chi connectivity index (χ3n) is 10.5. The molecule has 0 N–H and O–H groups in total. The lowest BCUT2D eigenvalue weighted by molar-refractivity contribution is 0.781. The second-order valence-corrected chi connectivity index (χ2v) is 13.0. The van der Waals surface area contributed by atoms with Crippen LogP contribution in [-0.4, -0.2) is 24.5 Å². The summed E-state index contributed by atoms with van der Waals surface area (Å²) in [7, 11) is 4.16. The summed E-state index contributed by atoms with van der Waals surface area (Å²) in [6.07, 6.45) is 14.6. The van der Waals surface area contributed by atoms with Crippen LogP contribution in [-0.2, 0) is 12.8 Å². The molecule has 3 aliphatic carbocycles. The molecule has 1 aromatic heterocycles. The Morgan fingerprint density at radius 1 is 0.714 bits per heavy atom. The summed E-state index contributed by atoms with van der Waals surface area (Å²) in [5.74, 6) is 0. The molecule has 9 rings (SSSR count). The molecule has 0 atom stereocenters. The number of rotatable bonds is 5. The second kappa shape index (κ2) is 12.9. The molecule has 1 heterocycles. The van der Waals surface area contributed by atoms with Crippen molar-refractivity contribution in [2.45, 2.75) is 46.0 Å². The monoisotopic (exact) mass is 637 g/mol. The van der Waals surface area contributed by atoms with E-state index in [1.54, 1.807) is 0 Å². The maximum atomic E-state index is 5.01. The summed E-state index contributed by atoms with van der Waals surface area (Å²) >= 11 is 0. The lowest BCUT2D eigenvalue weighted by Crippen LogP contribution is -2.28. The number of anilines is 1. The molecule has 0 spiro atoms. The van der Waals surface area contributed by atoms with E-state index in [1.807, 2.05) is 20.9 Å². The summed E-state index contributed by atoms with van der Waals surface area (Å²) in [6, 6.07) is 37.8. The van der Waals surface area contributed by atoms with Crippen LogP contribution >= 0.6 is 0 Å². The molecule has 0 fully saturated rings. The molecule has 0 amide bonds. The fourth-order valence-corrected chi connectivity index (χ4v) is 8.31. The van der Waals surface area contributed by atoms with Crippen molar-refractivity contribution in [3.8, 4) is 11.1 Å². The Morgan fingerprint density at radius 2 is 1.49 bits per heavy atom. The number of fused-ring (bicyclic) bond motifs is 8. The van der Waals surface area contributed by atoms with Crippen molar-refractivity contribution in [2.75, 3.05) is 19.1 Å². The van der Waals surface area contributed by atoms with Gasteiger partial charge >= 0.3 is 0 Å². The Hall–Kier alpha value is -5.41. The lowest BCUT2D eigenvalue weighted by Gasteiger charge is -2.28. The molecule has 0 saturated carbocycles. The van der Waals surface area contributed by atoms with Gasteiger partial charge in [-0.2, -0.15) is 0 Å². The highest BCUT2D eigenvalue weighted by molar-refractivity contribution is 6.18. The number of aliphatic imine (C=N–C) groups is 1. The molecule has 0 aliphatic heterocycles. The van der Waals surface area contributed by atoms with Crippen molar-refractivity contribution in [1.29, 1.82) is 0 Å². The van der Waals surface area contributed by atoms with Gasteiger partial charge in [0, 0.05) is 30.6 Å². The van der Waals surface area contributed by atoms with E-state index < -0.39 is 0 Å². The average Bonchev–Trinajstić information content (AvgIpc) is 3.72. The van der Waals surface area contributed by atoms with E-state index in [-0.39, 0.29) is 0 Å². The molecule has 0 radical (unpaired) electrons. The Balaban J connectivity index is 0.00000171. The average molecular weight is 638 g/mol. The maximum absolute atomic E-state index is 5.01. The van der Waals surface area contributed by atoms with Gasteiger partial charge in [-0.05, 0) is 100 Å². The minimum atomic E-state index is 0.931. The standard InChI is InChI=1S/C44H37N3.C2H6/c1-45-44(36-21-12-20-35-33-17-8-7-16-32(33)27-39(35)36)38-19-10-11-22-40(38)46(2)47-41-26-24-30-15-6-9-18-34(30)43(41)37-25-23-31(28-42(37)47)29-13-4-3-5-14-29;1-2/h3-4,6-13,15-22,24,26,28H,5,14,23,25,27H2,1-2H3;1-2H3. The van der Waals surface area contributed by atoms with Gasteiger partial charge in [0.05, 0.1) is 22.6 Å². The fraction of sp³-hybridized carbons (Fsp3) is 0.196. The van der Waals surface area contributed by atoms with Crippen molar-refractivity contribution >= 4 is 39.2 Å². The number of nitrogens with zero attached hydrogens (tertiary/aromatic N) is 3. The van der Waals surface area contributed by atoms with E-state index in [9.17, 15) is 0 Å². The molecule has 3 heteroatoms. The molecular weight excluding hydrogens is 595 g/mol. The van der Waals surface area contributed by atoms with Gasteiger partial charge in [0.1, 0.15) is 0 Å². The zero-order chi connectivity index (χ0) is 33.5. The Morgan fingerprint density at radius 3 is 2.35 bits per heavy atom. The summed E-state index contributed by atoms with van der Waals surface area (Å²) in [5, 5.41) is 6.35. The first-order chi connectivity index (χ1) is 24.2. The van der Waals surface area contributed by atoms with Gasteiger partial charge in [0.15, 0.2) is 0 Å². The second-order valence-electron chi connectivity index (χ2n) is 13.0. The van der Waals surface area contributed by atoms with Crippen molar-refractivity contribution in [1.82, 2.24) is 4.68 Å². The van der Waals surface area contributed by atoms with Crippen LogP contribution in [0.2, 0.25) is 0 Å². The molecule has 49 heavy (non-hydrogen) atoms. The highest BCUT2D eigenvalue weighted by Crippen LogP contribution is 2.42. The van der Waals surface area contributed by atoms with E-state index in [1.165, 1.54) is 71.9 Å². The van der Waals surface area contributed by atoms with Crippen molar-refractivity contribution < 1.29 is 0 Å². The first-order valence-electron chi connectivity index (χ1n) is 17.8. The summed E-state index contributed by atoms with van der Waals surface area (Å²) in [4.78, 5) is 5.01. The number of allylic oxidation sites excluding steroid dienone is 5. The molecule has 0 bridgehead atoms. The molecule has 0 saturated heterocycles. The zero-order valence-electron chi connectivity index (χ0n) is 29.0. The summed E-state index contributed by atoms with van der Waals surface area (Å²) < 4.78 is 2.47. The zero-order valence-corrected chi connectivity index (χ0v) is 29.0.